The summed E-state index contributed by atoms with van der Waals surface area (Å²) in [6, 6.07) is 7.01. The van der Waals surface area contributed by atoms with Gasteiger partial charge in [-0.3, -0.25) is 9.78 Å². The molecule has 1 amide bonds. The lowest BCUT2D eigenvalue weighted by atomic mass is 9.57. The van der Waals surface area contributed by atoms with Gasteiger partial charge in [-0.15, -0.1) is 0 Å². The molecule has 3 heterocycles. The minimum Gasteiger partial charge on any atom is -0.481 e. The molecule has 1 spiro atoms. The van der Waals surface area contributed by atoms with Crippen molar-refractivity contribution >= 4 is 38.4 Å². The number of amides is 1. The lowest BCUT2D eigenvalue weighted by Crippen LogP contribution is -2.47. The second kappa shape index (κ2) is 5.98. The second-order valence-electron chi connectivity index (χ2n) is 7.49. The summed E-state index contributed by atoms with van der Waals surface area (Å²) in [5.74, 6) is 0.537. The van der Waals surface area contributed by atoms with E-state index >= 15 is 0 Å². The zero-order valence-electron chi connectivity index (χ0n) is 15.4. The largest absolute Gasteiger partial charge is 0.481 e. The highest BCUT2D eigenvalue weighted by atomic mass is 79.9. The quantitative estimate of drug-likeness (QED) is 0.593. The Labute approximate surface area is 169 Å². The van der Waals surface area contributed by atoms with E-state index < -0.39 is 5.41 Å². The van der Waals surface area contributed by atoms with Gasteiger partial charge in [0.15, 0.2) is 0 Å². The normalized spacial score (nSPS) is 23.2. The Hall–Kier alpha value is -2.54. The predicted molar refractivity (Wildman–Crippen MR) is 107 cm³/mol. The number of fused-ring (bicyclic) bond motifs is 4. The molecule has 142 valence electrons. The number of hydrogen-bond acceptors (Lipinski definition) is 4. The summed E-state index contributed by atoms with van der Waals surface area (Å²) in [5, 5.41) is 0.829. The van der Waals surface area contributed by atoms with Crippen LogP contribution in [0.2, 0.25) is 0 Å². The number of pyridine rings is 2. The molecule has 5 nitrogen and oxygen atoms in total. The van der Waals surface area contributed by atoms with Gasteiger partial charge in [-0.1, -0.05) is 6.07 Å². The van der Waals surface area contributed by atoms with Crippen molar-refractivity contribution in [2.75, 3.05) is 19.1 Å². The molecule has 0 radical (unpaired) electrons. The van der Waals surface area contributed by atoms with Gasteiger partial charge >= 0.3 is 0 Å². The maximum absolute atomic E-state index is 14.0. The van der Waals surface area contributed by atoms with Crippen LogP contribution in [0.1, 0.15) is 29.9 Å². The molecular weight excluding hydrogens is 425 g/mol. The molecule has 0 N–H and O–H groups in total. The topological polar surface area (TPSA) is 55.3 Å². The predicted octanol–water partition coefficient (Wildman–Crippen LogP) is 4.33. The zero-order valence-corrected chi connectivity index (χ0v) is 17.0. The van der Waals surface area contributed by atoms with Crippen LogP contribution in [0.3, 0.4) is 0 Å². The van der Waals surface area contributed by atoms with Crippen LogP contribution in [0.15, 0.2) is 41.1 Å². The standard InChI is InChI=1S/C21H17BrFN3O2/c1-26-17-10-24-16-6-15(23)14(22)5-13(16)19(17)21(20(26)27)7-12(8-21)11-3-4-18(28-2)25-9-11/h3-6,9-10,12H,7-8H2,1-2H3. The maximum atomic E-state index is 14.0. The van der Waals surface area contributed by atoms with E-state index in [0.717, 1.165) is 22.2 Å². The molecule has 0 bridgehead atoms. The molecular formula is C21H17BrFN3O2. The zero-order chi connectivity index (χ0) is 19.6. The average molecular weight is 442 g/mol. The van der Waals surface area contributed by atoms with Gasteiger partial charge in [-0.05, 0) is 46.3 Å². The van der Waals surface area contributed by atoms with Gasteiger partial charge < -0.3 is 9.64 Å². The van der Waals surface area contributed by atoms with Crippen LogP contribution in [0.25, 0.3) is 10.9 Å². The summed E-state index contributed by atoms with van der Waals surface area (Å²) in [6.45, 7) is 0. The highest BCUT2D eigenvalue weighted by Crippen LogP contribution is 2.60. The van der Waals surface area contributed by atoms with Gasteiger partial charge in [0.2, 0.25) is 11.8 Å². The number of aromatic nitrogens is 2. The van der Waals surface area contributed by atoms with E-state index in [2.05, 4.69) is 25.9 Å². The fourth-order valence-electron chi connectivity index (χ4n) is 4.62. The molecule has 0 unspecified atom stereocenters. The molecule has 1 fully saturated rings. The Morgan fingerprint density at radius 3 is 2.71 bits per heavy atom. The molecule has 7 heteroatoms. The van der Waals surface area contributed by atoms with E-state index in [1.54, 1.807) is 31.3 Å². The van der Waals surface area contributed by atoms with E-state index in [-0.39, 0.29) is 17.6 Å². The number of carbonyl (C=O) groups excluding carboxylic acids is 1. The Bertz CT molecular complexity index is 1130. The van der Waals surface area contributed by atoms with E-state index in [1.165, 1.54) is 6.07 Å². The van der Waals surface area contributed by atoms with Crippen LogP contribution in [-0.2, 0) is 10.2 Å². The third-order valence-electron chi connectivity index (χ3n) is 6.07. The number of likely N-dealkylation sites (N-methyl/N-ethyl adjacent to an activating group) is 1. The number of methoxy groups -OCH3 is 1. The first-order valence-corrected chi connectivity index (χ1v) is 9.80. The van der Waals surface area contributed by atoms with Gasteiger partial charge in [0.1, 0.15) is 5.82 Å². The van der Waals surface area contributed by atoms with Crippen molar-refractivity contribution in [3.05, 3.63) is 58.1 Å². The molecule has 1 saturated carbocycles. The number of anilines is 1. The number of hydrogen-bond donors (Lipinski definition) is 0. The monoisotopic (exact) mass is 441 g/mol. The Morgan fingerprint density at radius 2 is 2.04 bits per heavy atom. The maximum Gasteiger partial charge on any atom is 0.237 e. The fraction of sp³-hybridized carbons (Fsp3) is 0.286. The second-order valence-corrected chi connectivity index (χ2v) is 8.34. The molecule has 1 aromatic carbocycles. The lowest BCUT2D eigenvalue weighted by molar-refractivity contribution is -0.126. The van der Waals surface area contributed by atoms with Crippen LogP contribution in [-0.4, -0.2) is 30.0 Å². The first-order chi connectivity index (χ1) is 13.4. The number of benzene rings is 1. The number of rotatable bonds is 2. The van der Waals surface area contributed by atoms with Crippen molar-refractivity contribution < 1.29 is 13.9 Å². The first kappa shape index (κ1) is 17.6. The molecule has 28 heavy (non-hydrogen) atoms. The fourth-order valence-corrected chi connectivity index (χ4v) is 4.96. The van der Waals surface area contributed by atoms with Crippen LogP contribution in [0, 0.1) is 5.82 Å². The molecule has 3 aromatic rings. The lowest BCUT2D eigenvalue weighted by Gasteiger charge is -2.44. The SMILES string of the molecule is COc1ccc(C2CC3(C2)C(=O)N(C)c2cnc4cc(F)c(Br)cc4c23)cn1. The summed E-state index contributed by atoms with van der Waals surface area (Å²) in [6.07, 6.45) is 4.90. The van der Waals surface area contributed by atoms with Crippen molar-refractivity contribution in [2.24, 2.45) is 0 Å². The number of ether oxygens (including phenoxy) is 1. The van der Waals surface area contributed by atoms with Crippen molar-refractivity contribution in [3.63, 3.8) is 0 Å². The molecule has 2 aliphatic rings. The van der Waals surface area contributed by atoms with Gasteiger partial charge in [-0.25, -0.2) is 9.37 Å². The molecule has 5 rings (SSSR count). The summed E-state index contributed by atoms with van der Waals surface area (Å²) in [5.41, 5.74) is 2.84. The Morgan fingerprint density at radius 1 is 1.25 bits per heavy atom. The van der Waals surface area contributed by atoms with Gasteiger partial charge in [0, 0.05) is 36.3 Å². The Kier molecular flexibility index (Phi) is 3.75. The van der Waals surface area contributed by atoms with Crippen molar-refractivity contribution in [3.8, 4) is 5.88 Å². The van der Waals surface area contributed by atoms with E-state index in [0.29, 0.717) is 28.7 Å². The minimum atomic E-state index is -0.590. The molecule has 1 aliphatic heterocycles. The van der Waals surface area contributed by atoms with E-state index in [4.69, 9.17) is 4.74 Å². The summed E-state index contributed by atoms with van der Waals surface area (Å²) in [4.78, 5) is 23.6. The van der Waals surface area contributed by atoms with Crippen molar-refractivity contribution in [2.45, 2.75) is 24.2 Å². The van der Waals surface area contributed by atoms with Crippen LogP contribution in [0.4, 0.5) is 10.1 Å². The third-order valence-corrected chi connectivity index (χ3v) is 6.68. The van der Waals surface area contributed by atoms with Crippen LogP contribution >= 0.6 is 15.9 Å². The van der Waals surface area contributed by atoms with Crippen molar-refractivity contribution in [1.82, 2.24) is 9.97 Å². The minimum absolute atomic E-state index is 0.0787. The Balaban J connectivity index is 1.60. The van der Waals surface area contributed by atoms with E-state index in [1.807, 2.05) is 18.3 Å². The third kappa shape index (κ3) is 2.25. The highest BCUT2D eigenvalue weighted by Gasteiger charge is 2.58. The summed E-state index contributed by atoms with van der Waals surface area (Å²) < 4.78 is 19.5. The highest BCUT2D eigenvalue weighted by molar-refractivity contribution is 9.10. The number of halogens is 2. The molecule has 0 saturated heterocycles. The smallest absolute Gasteiger partial charge is 0.237 e. The summed E-state index contributed by atoms with van der Waals surface area (Å²) in [7, 11) is 3.37. The van der Waals surface area contributed by atoms with Crippen molar-refractivity contribution in [1.29, 1.82) is 0 Å². The van der Waals surface area contributed by atoms with Crippen LogP contribution in [0.5, 0.6) is 5.88 Å². The van der Waals surface area contributed by atoms with E-state index in [9.17, 15) is 9.18 Å². The first-order valence-electron chi connectivity index (χ1n) is 9.01. The van der Waals surface area contributed by atoms with Gasteiger partial charge in [-0.2, -0.15) is 0 Å². The van der Waals surface area contributed by atoms with Gasteiger partial charge in [0.05, 0.1) is 34.4 Å². The molecule has 2 aromatic heterocycles. The van der Waals surface area contributed by atoms with Gasteiger partial charge in [0.25, 0.3) is 0 Å². The van der Waals surface area contributed by atoms with Crippen LogP contribution < -0.4 is 9.64 Å². The average Bonchev–Trinajstić information content (AvgIpc) is 2.90. The number of carbonyl (C=O) groups is 1. The number of nitrogens with zero attached hydrogens (tertiary/aromatic N) is 3. The molecule has 1 aliphatic carbocycles. The summed E-state index contributed by atoms with van der Waals surface area (Å²) >= 11 is 3.27. The molecule has 0 atom stereocenters.